The molecule has 0 aromatic heterocycles. The zero-order chi connectivity index (χ0) is 18.5. The SMILES string of the molecule is CN(CCN(CCN(C)CC(O)CO)CC(O)CO)CC(O)CO. The smallest absolute Gasteiger partial charge is 0.0897 e. The molecule has 0 amide bonds. The van der Waals surface area contributed by atoms with Crippen molar-refractivity contribution in [1.29, 1.82) is 0 Å². The molecule has 0 bridgehead atoms. The van der Waals surface area contributed by atoms with Crippen LogP contribution >= 0.6 is 0 Å². The van der Waals surface area contributed by atoms with E-state index in [1.807, 2.05) is 28.8 Å². The molecule has 0 aliphatic carbocycles. The van der Waals surface area contributed by atoms with Gasteiger partial charge in [0.05, 0.1) is 38.1 Å². The van der Waals surface area contributed by atoms with Crippen LogP contribution in [0.3, 0.4) is 0 Å². The standard InChI is InChI=1S/C15H35N3O6/c1-16(7-13(22)10-19)3-5-18(9-15(24)12-21)6-4-17(2)8-14(23)11-20/h13-15,19-24H,3-12H2,1-2H3. The first-order chi connectivity index (χ1) is 11.3. The highest BCUT2D eigenvalue weighted by molar-refractivity contribution is 4.70. The summed E-state index contributed by atoms with van der Waals surface area (Å²) in [4.78, 5) is 5.77. The van der Waals surface area contributed by atoms with E-state index in [1.165, 1.54) is 0 Å². The van der Waals surface area contributed by atoms with Gasteiger partial charge in [-0.2, -0.15) is 0 Å². The highest BCUT2D eigenvalue weighted by Crippen LogP contribution is 1.98. The molecule has 3 unspecified atom stereocenters. The third-order valence-corrected chi connectivity index (χ3v) is 3.74. The van der Waals surface area contributed by atoms with Gasteiger partial charge in [0.2, 0.25) is 0 Å². The summed E-state index contributed by atoms with van der Waals surface area (Å²) in [5.41, 5.74) is 0. The molecule has 0 aromatic carbocycles. The summed E-state index contributed by atoms with van der Waals surface area (Å²) in [7, 11) is 3.67. The van der Waals surface area contributed by atoms with Crippen LogP contribution in [0.5, 0.6) is 0 Å². The van der Waals surface area contributed by atoms with Crippen molar-refractivity contribution in [3.05, 3.63) is 0 Å². The van der Waals surface area contributed by atoms with Crippen molar-refractivity contribution in [2.45, 2.75) is 18.3 Å². The Hall–Kier alpha value is -0.360. The van der Waals surface area contributed by atoms with E-state index in [9.17, 15) is 15.3 Å². The van der Waals surface area contributed by atoms with E-state index in [1.54, 1.807) is 0 Å². The molecule has 0 aliphatic heterocycles. The fourth-order valence-electron chi connectivity index (χ4n) is 2.29. The lowest BCUT2D eigenvalue weighted by molar-refractivity contribution is 0.0400. The molecular weight excluding hydrogens is 318 g/mol. The number of nitrogens with zero attached hydrogens (tertiary/aromatic N) is 3. The van der Waals surface area contributed by atoms with Gasteiger partial charge in [-0.05, 0) is 14.1 Å². The molecule has 0 fully saturated rings. The maximum atomic E-state index is 9.66. The summed E-state index contributed by atoms with van der Waals surface area (Å²) in [6, 6.07) is 0. The summed E-state index contributed by atoms with van der Waals surface area (Å²) >= 11 is 0. The molecule has 24 heavy (non-hydrogen) atoms. The summed E-state index contributed by atoms with van der Waals surface area (Å²) in [6.07, 6.45) is -2.39. The molecule has 0 saturated heterocycles. The topological polar surface area (TPSA) is 131 Å². The van der Waals surface area contributed by atoms with Gasteiger partial charge in [0.1, 0.15) is 0 Å². The minimum atomic E-state index is -0.827. The van der Waals surface area contributed by atoms with Crippen LogP contribution in [0, 0.1) is 0 Å². The second-order valence-electron chi connectivity index (χ2n) is 6.33. The van der Waals surface area contributed by atoms with Gasteiger partial charge >= 0.3 is 0 Å². The van der Waals surface area contributed by atoms with E-state index in [0.717, 1.165) is 0 Å². The van der Waals surface area contributed by atoms with E-state index >= 15 is 0 Å². The normalized spacial score (nSPS) is 16.1. The van der Waals surface area contributed by atoms with Crippen molar-refractivity contribution >= 4 is 0 Å². The highest BCUT2D eigenvalue weighted by Gasteiger charge is 2.15. The van der Waals surface area contributed by atoms with Crippen LogP contribution in [-0.4, -0.2) is 143 Å². The first-order valence-electron chi connectivity index (χ1n) is 8.28. The molecule has 0 spiro atoms. The van der Waals surface area contributed by atoms with Crippen LogP contribution in [0.2, 0.25) is 0 Å². The van der Waals surface area contributed by atoms with Crippen LogP contribution in [0.4, 0.5) is 0 Å². The summed E-state index contributed by atoms with van der Waals surface area (Å²) < 4.78 is 0. The minimum absolute atomic E-state index is 0.282. The Labute approximate surface area is 144 Å². The molecule has 3 atom stereocenters. The molecule has 0 heterocycles. The molecule has 0 aromatic rings. The quantitative estimate of drug-likeness (QED) is 0.175. The second-order valence-corrected chi connectivity index (χ2v) is 6.33. The number of rotatable bonds is 15. The number of hydrogen-bond donors (Lipinski definition) is 6. The molecule has 9 nitrogen and oxygen atoms in total. The van der Waals surface area contributed by atoms with E-state index in [2.05, 4.69) is 0 Å². The molecule has 0 radical (unpaired) electrons. The van der Waals surface area contributed by atoms with Crippen molar-refractivity contribution in [3.8, 4) is 0 Å². The van der Waals surface area contributed by atoms with Gasteiger partial charge in [-0.1, -0.05) is 0 Å². The Morgan fingerprint density at radius 3 is 1.25 bits per heavy atom. The summed E-state index contributed by atoms with van der Waals surface area (Å²) in [6.45, 7) is 2.69. The van der Waals surface area contributed by atoms with Crippen molar-refractivity contribution < 1.29 is 30.6 Å². The van der Waals surface area contributed by atoms with Crippen LogP contribution in [0.1, 0.15) is 0 Å². The Morgan fingerprint density at radius 2 is 0.917 bits per heavy atom. The molecule has 0 aliphatic rings. The molecule has 0 rings (SSSR count). The van der Waals surface area contributed by atoms with Gasteiger partial charge in [-0.25, -0.2) is 0 Å². The predicted molar refractivity (Wildman–Crippen MR) is 90.7 cm³/mol. The summed E-state index contributed by atoms with van der Waals surface area (Å²) in [5, 5.41) is 55.3. The molecule has 146 valence electrons. The van der Waals surface area contributed by atoms with Crippen molar-refractivity contribution in [1.82, 2.24) is 14.7 Å². The number of likely N-dealkylation sites (N-methyl/N-ethyl adjacent to an activating group) is 2. The number of aliphatic hydroxyl groups is 6. The lowest BCUT2D eigenvalue weighted by atomic mass is 10.3. The van der Waals surface area contributed by atoms with E-state index in [-0.39, 0.29) is 19.8 Å². The average Bonchev–Trinajstić information content (AvgIpc) is 2.56. The predicted octanol–water partition coefficient (Wildman–Crippen LogP) is -3.79. The van der Waals surface area contributed by atoms with Gasteiger partial charge in [-0.15, -0.1) is 0 Å². The second kappa shape index (κ2) is 13.9. The van der Waals surface area contributed by atoms with Crippen LogP contribution in [0.25, 0.3) is 0 Å². The van der Waals surface area contributed by atoms with Crippen LogP contribution < -0.4 is 0 Å². The molecular formula is C15H35N3O6. The fraction of sp³-hybridized carbons (Fsp3) is 1.00. The van der Waals surface area contributed by atoms with Crippen molar-refractivity contribution in [2.24, 2.45) is 0 Å². The number of aliphatic hydroxyl groups excluding tert-OH is 6. The highest BCUT2D eigenvalue weighted by atomic mass is 16.3. The lowest BCUT2D eigenvalue weighted by Gasteiger charge is -2.29. The van der Waals surface area contributed by atoms with Crippen LogP contribution in [-0.2, 0) is 0 Å². The molecule has 6 N–H and O–H groups in total. The Morgan fingerprint density at radius 1 is 0.583 bits per heavy atom. The van der Waals surface area contributed by atoms with Crippen molar-refractivity contribution in [2.75, 3.05) is 79.7 Å². The fourth-order valence-corrected chi connectivity index (χ4v) is 2.29. The zero-order valence-electron chi connectivity index (χ0n) is 14.8. The average molecular weight is 353 g/mol. The largest absolute Gasteiger partial charge is 0.394 e. The lowest BCUT2D eigenvalue weighted by Crippen LogP contribution is -2.44. The first kappa shape index (κ1) is 23.6. The Balaban J connectivity index is 4.31. The van der Waals surface area contributed by atoms with Gasteiger partial charge in [-0.3, -0.25) is 4.90 Å². The summed E-state index contributed by atoms with van der Waals surface area (Å²) in [5.74, 6) is 0. The Kier molecular flexibility index (Phi) is 13.7. The minimum Gasteiger partial charge on any atom is -0.394 e. The van der Waals surface area contributed by atoms with Gasteiger partial charge in [0.15, 0.2) is 0 Å². The van der Waals surface area contributed by atoms with Gasteiger partial charge in [0, 0.05) is 45.8 Å². The van der Waals surface area contributed by atoms with Gasteiger partial charge in [0.25, 0.3) is 0 Å². The maximum absolute atomic E-state index is 9.66. The van der Waals surface area contributed by atoms with Gasteiger partial charge < -0.3 is 40.4 Å². The monoisotopic (exact) mass is 353 g/mol. The van der Waals surface area contributed by atoms with E-state index < -0.39 is 18.3 Å². The van der Waals surface area contributed by atoms with Crippen molar-refractivity contribution in [3.63, 3.8) is 0 Å². The molecule has 9 heteroatoms. The van der Waals surface area contributed by atoms with E-state index in [4.69, 9.17) is 15.3 Å². The zero-order valence-corrected chi connectivity index (χ0v) is 14.8. The third-order valence-electron chi connectivity index (χ3n) is 3.74. The Bertz CT molecular complexity index is 278. The maximum Gasteiger partial charge on any atom is 0.0897 e. The third kappa shape index (κ3) is 12.1. The first-order valence-corrected chi connectivity index (χ1v) is 8.28. The van der Waals surface area contributed by atoms with E-state index in [0.29, 0.717) is 45.8 Å². The number of hydrogen-bond acceptors (Lipinski definition) is 9. The van der Waals surface area contributed by atoms with Crippen LogP contribution in [0.15, 0.2) is 0 Å². The molecule has 0 saturated carbocycles.